The molecular formula is C12H12N6. The predicted molar refractivity (Wildman–Crippen MR) is 64.8 cm³/mol. The Hall–Kier alpha value is -2.42. The van der Waals surface area contributed by atoms with Crippen LogP contribution in [0, 0.1) is 18.3 Å². The van der Waals surface area contributed by atoms with Gasteiger partial charge >= 0.3 is 0 Å². The molecule has 2 aromatic heterocycles. The lowest BCUT2D eigenvalue weighted by atomic mass is 10.3. The highest BCUT2D eigenvalue weighted by molar-refractivity contribution is 5.36. The summed E-state index contributed by atoms with van der Waals surface area (Å²) in [6.07, 6.45) is 3.78. The Morgan fingerprint density at radius 3 is 3.06 bits per heavy atom. The van der Waals surface area contributed by atoms with Gasteiger partial charge in [-0.25, -0.2) is 15.0 Å². The summed E-state index contributed by atoms with van der Waals surface area (Å²) in [7, 11) is 0. The Labute approximate surface area is 105 Å². The van der Waals surface area contributed by atoms with E-state index >= 15 is 0 Å². The highest BCUT2D eigenvalue weighted by Crippen LogP contribution is 2.17. The molecule has 0 atom stereocenters. The number of nitriles is 1. The summed E-state index contributed by atoms with van der Waals surface area (Å²) in [6, 6.07) is 3.75. The van der Waals surface area contributed by atoms with Crippen LogP contribution in [-0.2, 0) is 13.1 Å². The van der Waals surface area contributed by atoms with Crippen LogP contribution in [0.5, 0.6) is 0 Å². The lowest BCUT2D eigenvalue weighted by Crippen LogP contribution is -2.35. The van der Waals surface area contributed by atoms with Gasteiger partial charge in [0.2, 0.25) is 5.95 Å². The van der Waals surface area contributed by atoms with Gasteiger partial charge in [0.15, 0.2) is 0 Å². The fraction of sp³-hybridized carbons (Fsp3) is 0.333. The maximum Gasteiger partial charge on any atom is 0.227 e. The van der Waals surface area contributed by atoms with Crippen molar-refractivity contribution < 1.29 is 0 Å². The topological polar surface area (TPSA) is 70.6 Å². The van der Waals surface area contributed by atoms with E-state index in [1.54, 1.807) is 12.3 Å². The summed E-state index contributed by atoms with van der Waals surface area (Å²) in [4.78, 5) is 15.0. The minimum atomic E-state index is 0.409. The number of fused-ring (bicyclic) bond motifs is 1. The Morgan fingerprint density at radius 2 is 2.22 bits per heavy atom. The number of imidazole rings is 1. The monoisotopic (exact) mass is 240 g/mol. The smallest absolute Gasteiger partial charge is 0.227 e. The molecule has 0 spiro atoms. The Morgan fingerprint density at radius 1 is 1.33 bits per heavy atom. The summed E-state index contributed by atoms with van der Waals surface area (Å²) in [5, 5.41) is 8.93. The first-order valence-electron chi connectivity index (χ1n) is 5.77. The lowest BCUT2D eigenvalue weighted by molar-refractivity contribution is 0.551. The second-order valence-electron chi connectivity index (χ2n) is 4.26. The van der Waals surface area contributed by atoms with Gasteiger partial charge in [0.05, 0.1) is 6.54 Å². The van der Waals surface area contributed by atoms with Crippen molar-refractivity contribution in [2.45, 2.75) is 20.0 Å². The van der Waals surface area contributed by atoms with Gasteiger partial charge < -0.3 is 9.47 Å². The molecule has 0 saturated heterocycles. The van der Waals surface area contributed by atoms with Crippen molar-refractivity contribution in [1.82, 2.24) is 19.5 Å². The summed E-state index contributed by atoms with van der Waals surface area (Å²) in [6.45, 7) is 4.25. The Balaban J connectivity index is 1.93. The number of hydrogen-bond acceptors (Lipinski definition) is 5. The van der Waals surface area contributed by atoms with Crippen LogP contribution in [0.3, 0.4) is 0 Å². The number of aromatic nitrogens is 4. The van der Waals surface area contributed by atoms with Crippen molar-refractivity contribution in [3.05, 3.63) is 35.7 Å². The van der Waals surface area contributed by atoms with Crippen LogP contribution in [0.25, 0.3) is 0 Å². The molecule has 6 nitrogen and oxygen atoms in total. The summed E-state index contributed by atoms with van der Waals surface area (Å²) >= 11 is 0. The van der Waals surface area contributed by atoms with E-state index in [0.717, 1.165) is 24.6 Å². The second-order valence-corrected chi connectivity index (χ2v) is 4.26. The van der Waals surface area contributed by atoms with Crippen molar-refractivity contribution in [2.75, 3.05) is 11.4 Å². The molecule has 0 N–H and O–H groups in total. The molecule has 0 unspecified atom stereocenters. The third-order valence-corrected chi connectivity index (χ3v) is 2.98. The molecule has 0 radical (unpaired) electrons. The first-order valence-corrected chi connectivity index (χ1v) is 5.77. The Kier molecular flexibility index (Phi) is 2.45. The van der Waals surface area contributed by atoms with E-state index in [4.69, 9.17) is 5.26 Å². The number of anilines is 1. The van der Waals surface area contributed by atoms with E-state index < -0.39 is 0 Å². The zero-order valence-electron chi connectivity index (χ0n) is 10.0. The van der Waals surface area contributed by atoms with E-state index in [2.05, 4.69) is 30.5 Å². The molecular weight excluding hydrogens is 228 g/mol. The first-order chi connectivity index (χ1) is 8.76. The third-order valence-electron chi connectivity index (χ3n) is 2.98. The van der Waals surface area contributed by atoms with E-state index in [1.807, 2.05) is 13.1 Å². The molecule has 3 rings (SSSR count). The largest absolute Gasteiger partial charge is 0.332 e. The molecule has 0 fully saturated rings. The molecule has 1 aliphatic heterocycles. The minimum Gasteiger partial charge on any atom is -0.332 e. The van der Waals surface area contributed by atoms with Crippen molar-refractivity contribution in [3.8, 4) is 6.07 Å². The number of aryl methyl sites for hydroxylation is 1. The van der Waals surface area contributed by atoms with Gasteiger partial charge in [-0.2, -0.15) is 5.26 Å². The zero-order chi connectivity index (χ0) is 12.5. The molecule has 3 heterocycles. The fourth-order valence-corrected chi connectivity index (χ4v) is 2.10. The van der Waals surface area contributed by atoms with Crippen LogP contribution in [0.15, 0.2) is 18.5 Å². The van der Waals surface area contributed by atoms with Crippen molar-refractivity contribution in [3.63, 3.8) is 0 Å². The molecule has 0 bridgehead atoms. The average molecular weight is 240 g/mol. The predicted octanol–water partition coefficient (Wildman–Crippen LogP) is 0.873. The maximum atomic E-state index is 8.93. The van der Waals surface area contributed by atoms with E-state index in [-0.39, 0.29) is 0 Å². The van der Waals surface area contributed by atoms with Crippen LogP contribution in [-0.4, -0.2) is 26.1 Å². The number of hydrogen-bond donors (Lipinski definition) is 0. The normalized spacial score (nSPS) is 14.1. The number of rotatable bonds is 1. The van der Waals surface area contributed by atoms with Crippen LogP contribution in [0.2, 0.25) is 0 Å². The average Bonchev–Trinajstić information content (AvgIpc) is 2.85. The summed E-state index contributed by atoms with van der Waals surface area (Å²) in [5.41, 5.74) is 1.22. The highest BCUT2D eigenvalue weighted by Gasteiger charge is 2.19. The molecule has 90 valence electrons. The fourth-order valence-electron chi connectivity index (χ4n) is 2.10. The number of nitrogens with zero attached hydrogens (tertiary/aromatic N) is 6. The quantitative estimate of drug-likeness (QED) is 0.739. The molecule has 6 heteroatoms. The lowest BCUT2D eigenvalue weighted by Gasteiger charge is -2.27. The van der Waals surface area contributed by atoms with Gasteiger partial charge in [-0.1, -0.05) is 0 Å². The third kappa shape index (κ3) is 1.80. The van der Waals surface area contributed by atoms with Gasteiger partial charge in [0.1, 0.15) is 17.6 Å². The molecule has 2 aromatic rings. The summed E-state index contributed by atoms with van der Waals surface area (Å²) < 4.78 is 2.12. The van der Waals surface area contributed by atoms with Gasteiger partial charge in [-0.15, -0.1) is 0 Å². The molecule has 1 aliphatic rings. The van der Waals surface area contributed by atoms with Gasteiger partial charge in [0, 0.05) is 31.2 Å². The highest BCUT2D eigenvalue weighted by atomic mass is 15.3. The Bertz CT molecular complexity index is 624. The summed E-state index contributed by atoms with van der Waals surface area (Å²) in [5.74, 6) is 1.62. The SMILES string of the molecule is Cc1cc(C#N)nc(N2CCn3ccnc3C2)n1. The molecule has 18 heavy (non-hydrogen) atoms. The van der Waals surface area contributed by atoms with E-state index in [1.165, 1.54) is 0 Å². The first kappa shape index (κ1) is 10.7. The van der Waals surface area contributed by atoms with Crippen LogP contribution >= 0.6 is 0 Å². The van der Waals surface area contributed by atoms with Gasteiger partial charge in [0.25, 0.3) is 0 Å². The van der Waals surface area contributed by atoms with Crippen LogP contribution < -0.4 is 4.90 Å². The molecule has 0 amide bonds. The van der Waals surface area contributed by atoms with Crippen molar-refractivity contribution in [1.29, 1.82) is 5.26 Å². The van der Waals surface area contributed by atoms with Gasteiger partial charge in [-0.05, 0) is 13.0 Å². The van der Waals surface area contributed by atoms with Crippen LogP contribution in [0.1, 0.15) is 17.2 Å². The standard InChI is InChI=1S/C12H12N6/c1-9-6-10(7-13)16-12(15-9)18-5-4-17-3-2-14-11(17)8-18/h2-3,6H,4-5,8H2,1H3. The minimum absolute atomic E-state index is 0.409. The van der Waals surface area contributed by atoms with Crippen molar-refractivity contribution >= 4 is 5.95 Å². The van der Waals surface area contributed by atoms with Crippen LogP contribution in [0.4, 0.5) is 5.95 Å². The molecule has 0 saturated carbocycles. The van der Waals surface area contributed by atoms with E-state index in [9.17, 15) is 0 Å². The molecule has 0 aliphatic carbocycles. The second kappa shape index (κ2) is 4.11. The maximum absolute atomic E-state index is 8.93. The zero-order valence-corrected chi connectivity index (χ0v) is 10.0. The van der Waals surface area contributed by atoms with E-state index in [0.29, 0.717) is 18.2 Å². The molecule has 0 aromatic carbocycles. The van der Waals surface area contributed by atoms with Gasteiger partial charge in [-0.3, -0.25) is 0 Å². The van der Waals surface area contributed by atoms with Crippen molar-refractivity contribution in [2.24, 2.45) is 0 Å².